The lowest BCUT2D eigenvalue weighted by Crippen LogP contribution is -2.17. The van der Waals surface area contributed by atoms with E-state index in [1.807, 2.05) is 0 Å². The van der Waals surface area contributed by atoms with Crippen molar-refractivity contribution in [2.45, 2.75) is 39.5 Å². The Labute approximate surface area is 69.7 Å². The van der Waals surface area contributed by atoms with Gasteiger partial charge in [0.1, 0.15) is 0 Å². The van der Waals surface area contributed by atoms with Gasteiger partial charge in [0.25, 0.3) is 0 Å². The normalized spacial score (nSPS) is 23.4. The maximum atomic E-state index is 5.45. The predicted molar refractivity (Wildman–Crippen MR) is 49.4 cm³/mol. The molecule has 1 fully saturated rings. The number of allylic oxidation sites excluding steroid dienone is 1. The fraction of sp³-hybridized carbons (Fsp3) is 0.800. The first-order chi connectivity index (χ1) is 5.14. The van der Waals surface area contributed by atoms with Gasteiger partial charge in [-0.2, -0.15) is 0 Å². The monoisotopic (exact) mass is 153 g/mol. The Balaban J connectivity index is 2.42. The molecule has 0 atom stereocenters. The highest BCUT2D eigenvalue weighted by Crippen LogP contribution is 2.37. The van der Waals surface area contributed by atoms with Gasteiger partial charge in [0, 0.05) is 6.54 Å². The molecule has 0 saturated heterocycles. The van der Waals surface area contributed by atoms with Gasteiger partial charge in [0.05, 0.1) is 0 Å². The minimum atomic E-state index is 0.575. The van der Waals surface area contributed by atoms with E-state index in [1.165, 1.54) is 25.7 Å². The van der Waals surface area contributed by atoms with Crippen molar-refractivity contribution in [1.82, 2.24) is 0 Å². The van der Waals surface area contributed by atoms with Crippen molar-refractivity contribution in [3.05, 3.63) is 11.6 Å². The van der Waals surface area contributed by atoms with Crippen molar-refractivity contribution in [1.29, 1.82) is 0 Å². The van der Waals surface area contributed by atoms with Crippen LogP contribution in [0.15, 0.2) is 11.6 Å². The summed E-state index contributed by atoms with van der Waals surface area (Å²) in [5, 5.41) is 0. The van der Waals surface area contributed by atoms with E-state index >= 15 is 0 Å². The number of rotatable bonds is 1. The predicted octanol–water partition coefficient (Wildman–Crippen LogP) is 2.47. The Bertz CT molecular complexity index is 144. The van der Waals surface area contributed by atoms with Crippen LogP contribution in [0, 0.1) is 5.41 Å². The topological polar surface area (TPSA) is 26.0 Å². The second-order valence-electron chi connectivity index (χ2n) is 4.26. The van der Waals surface area contributed by atoms with Crippen LogP contribution in [0.25, 0.3) is 0 Å². The molecule has 1 nitrogen and oxygen atoms in total. The zero-order chi connectivity index (χ0) is 8.32. The van der Waals surface area contributed by atoms with Crippen LogP contribution in [0.2, 0.25) is 0 Å². The van der Waals surface area contributed by atoms with Crippen molar-refractivity contribution in [3.8, 4) is 0 Å². The molecule has 0 aromatic carbocycles. The van der Waals surface area contributed by atoms with Gasteiger partial charge in [0.15, 0.2) is 0 Å². The van der Waals surface area contributed by atoms with Gasteiger partial charge in [-0.05, 0) is 31.1 Å². The van der Waals surface area contributed by atoms with Gasteiger partial charge in [-0.15, -0.1) is 0 Å². The largest absolute Gasteiger partial charge is 0.327 e. The number of hydrogen-bond donors (Lipinski definition) is 1. The summed E-state index contributed by atoms with van der Waals surface area (Å²) < 4.78 is 0. The molecule has 2 N–H and O–H groups in total. The third-order valence-corrected chi connectivity index (χ3v) is 2.65. The lowest BCUT2D eigenvalue weighted by Gasteiger charge is -2.30. The van der Waals surface area contributed by atoms with Gasteiger partial charge in [-0.25, -0.2) is 0 Å². The first-order valence-corrected chi connectivity index (χ1v) is 4.52. The van der Waals surface area contributed by atoms with Crippen molar-refractivity contribution >= 4 is 0 Å². The molecule has 0 unspecified atom stereocenters. The summed E-state index contributed by atoms with van der Waals surface area (Å²) in [6.45, 7) is 5.42. The van der Waals surface area contributed by atoms with Gasteiger partial charge >= 0.3 is 0 Å². The molecule has 0 aromatic rings. The van der Waals surface area contributed by atoms with E-state index in [1.54, 1.807) is 5.57 Å². The van der Waals surface area contributed by atoms with Crippen molar-refractivity contribution in [3.63, 3.8) is 0 Å². The maximum absolute atomic E-state index is 5.45. The molecular weight excluding hydrogens is 134 g/mol. The molecule has 11 heavy (non-hydrogen) atoms. The van der Waals surface area contributed by atoms with E-state index in [4.69, 9.17) is 5.73 Å². The third kappa shape index (κ3) is 2.66. The van der Waals surface area contributed by atoms with Gasteiger partial charge in [-0.1, -0.05) is 25.5 Å². The standard InChI is InChI=1S/C10H19N/c1-10(2)6-3-9(4-7-10)5-8-11/h5H,3-4,6-8,11H2,1-2H3. The molecule has 0 bridgehead atoms. The summed E-state index contributed by atoms with van der Waals surface area (Å²) in [6, 6.07) is 0. The van der Waals surface area contributed by atoms with Crippen LogP contribution in [0.4, 0.5) is 0 Å². The average molecular weight is 153 g/mol. The molecule has 0 spiro atoms. The molecule has 1 aliphatic rings. The number of nitrogens with two attached hydrogens (primary N) is 1. The Kier molecular flexibility index (Phi) is 2.72. The smallest absolute Gasteiger partial charge is 0.0109 e. The first kappa shape index (κ1) is 8.79. The van der Waals surface area contributed by atoms with Crippen LogP contribution < -0.4 is 5.73 Å². The van der Waals surface area contributed by atoms with Crippen LogP contribution >= 0.6 is 0 Å². The van der Waals surface area contributed by atoms with E-state index in [9.17, 15) is 0 Å². The van der Waals surface area contributed by atoms with Crippen LogP contribution in [-0.4, -0.2) is 6.54 Å². The van der Waals surface area contributed by atoms with Crippen LogP contribution in [0.3, 0.4) is 0 Å². The van der Waals surface area contributed by atoms with Crippen LogP contribution in [0.5, 0.6) is 0 Å². The fourth-order valence-electron chi connectivity index (χ4n) is 1.62. The van der Waals surface area contributed by atoms with Crippen molar-refractivity contribution < 1.29 is 0 Å². The van der Waals surface area contributed by atoms with E-state index in [0.29, 0.717) is 5.41 Å². The zero-order valence-electron chi connectivity index (χ0n) is 7.69. The Morgan fingerprint density at radius 1 is 1.36 bits per heavy atom. The minimum Gasteiger partial charge on any atom is -0.327 e. The molecule has 0 amide bonds. The fourth-order valence-corrected chi connectivity index (χ4v) is 1.62. The molecule has 0 heterocycles. The lowest BCUT2D eigenvalue weighted by atomic mass is 9.75. The molecule has 0 aliphatic heterocycles. The Morgan fingerprint density at radius 2 is 1.91 bits per heavy atom. The van der Waals surface area contributed by atoms with E-state index in [-0.39, 0.29) is 0 Å². The molecule has 0 radical (unpaired) electrons. The van der Waals surface area contributed by atoms with E-state index in [0.717, 1.165) is 6.54 Å². The Hall–Kier alpha value is -0.300. The average Bonchev–Trinajstić information content (AvgIpc) is 1.94. The van der Waals surface area contributed by atoms with E-state index < -0.39 is 0 Å². The number of hydrogen-bond acceptors (Lipinski definition) is 1. The second kappa shape index (κ2) is 3.40. The maximum Gasteiger partial charge on any atom is 0.0109 e. The quantitative estimate of drug-likeness (QED) is 0.575. The minimum absolute atomic E-state index is 0.575. The molecular formula is C10H19N. The highest BCUT2D eigenvalue weighted by Gasteiger charge is 2.22. The van der Waals surface area contributed by atoms with E-state index in [2.05, 4.69) is 19.9 Å². The zero-order valence-corrected chi connectivity index (χ0v) is 7.69. The summed E-state index contributed by atoms with van der Waals surface area (Å²) >= 11 is 0. The molecule has 1 rings (SSSR count). The summed E-state index contributed by atoms with van der Waals surface area (Å²) in [5.41, 5.74) is 7.60. The lowest BCUT2D eigenvalue weighted by molar-refractivity contribution is 0.278. The SMILES string of the molecule is CC1(C)CCC(=CCN)CC1. The molecule has 0 aromatic heterocycles. The van der Waals surface area contributed by atoms with Crippen molar-refractivity contribution in [2.75, 3.05) is 6.54 Å². The van der Waals surface area contributed by atoms with Gasteiger partial charge in [-0.3, -0.25) is 0 Å². The summed E-state index contributed by atoms with van der Waals surface area (Å²) in [4.78, 5) is 0. The molecule has 1 saturated carbocycles. The van der Waals surface area contributed by atoms with Crippen LogP contribution in [-0.2, 0) is 0 Å². The van der Waals surface area contributed by atoms with Crippen LogP contribution in [0.1, 0.15) is 39.5 Å². The van der Waals surface area contributed by atoms with Gasteiger partial charge in [0.2, 0.25) is 0 Å². The van der Waals surface area contributed by atoms with Crippen molar-refractivity contribution in [2.24, 2.45) is 11.1 Å². The molecule has 64 valence electrons. The molecule has 1 aliphatic carbocycles. The summed E-state index contributed by atoms with van der Waals surface area (Å²) in [5.74, 6) is 0. The Morgan fingerprint density at radius 3 is 2.36 bits per heavy atom. The second-order valence-corrected chi connectivity index (χ2v) is 4.26. The summed E-state index contributed by atoms with van der Waals surface area (Å²) in [7, 11) is 0. The summed E-state index contributed by atoms with van der Waals surface area (Å²) in [6.07, 6.45) is 7.39. The highest BCUT2D eigenvalue weighted by atomic mass is 14.5. The molecule has 1 heteroatoms. The van der Waals surface area contributed by atoms with Gasteiger partial charge < -0.3 is 5.73 Å². The highest BCUT2D eigenvalue weighted by molar-refractivity contribution is 5.07. The third-order valence-electron chi connectivity index (χ3n) is 2.65. The first-order valence-electron chi connectivity index (χ1n) is 4.52.